The highest BCUT2D eigenvalue weighted by Crippen LogP contribution is 2.24. The number of methoxy groups -OCH3 is 1. The largest absolute Gasteiger partial charge is 0.497 e. The van der Waals surface area contributed by atoms with Gasteiger partial charge >= 0.3 is 0 Å². The number of halogens is 1. The Morgan fingerprint density at radius 1 is 1.13 bits per heavy atom. The van der Waals surface area contributed by atoms with Gasteiger partial charge in [-0.05, 0) is 56.3 Å². The Balaban J connectivity index is 1.68. The molecule has 0 aliphatic heterocycles. The highest BCUT2D eigenvalue weighted by Gasteiger charge is 2.16. The average molecular weight is 411 g/mol. The molecular formula is C22H22FN3O4. The fourth-order valence-electron chi connectivity index (χ4n) is 2.72. The molecule has 156 valence electrons. The van der Waals surface area contributed by atoms with E-state index in [0.29, 0.717) is 18.1 Å². The zero-order valence-corrected chi connectivity index (χ0v) is 16.9. The molecule has 7 nitrogen and oxygen atoms in total. The van der Waals surface area contributed by atoms with E-state index in [1.807, 2.05) is 31.2 Å². The smallest absolute Gasteiger partial charge is 0.295 e. The molecule has 1 N–H and O–H groups in total. The lowest BCUT2D eigenvalue weighted by molar-refractivity contribution is -0.0107. The van der Waals surface area contributed by atoms with Crippen LogP contribution in [-0.2, 0) is 4.84 Å². The van der Waals surface area contributed by atoms with Gasteiger partial charge in [-0.3, -0.25) is 14.6 Å². The number of carbonyl (C=O) groups is 1. The van der Waals surface area contributed by atoms with Crippen molar-refractivity contribution in [3.05, 3.63) is 71.9 Å². The average Bonchev–Trinajstić information content (AvgIpc) is 2.78. The zero-order valence-electron chi connectivity index (χ0n) is 16.9. The van der Waals surface area contributed by atoms with Gasteiger partial charge in [0, 0.05) is 11.1 Å². The number of hydrogen-bond donors (Lipinski definition) is 1. The van der Waals surface area contributed by atoms with E-state index in [0.717, 1.165) is 11.3 Å². The van der Waals surface area contributed by atoms with Crippen LogP contribution in [0, 0.1) is 5.82 Å². The predicted octanol–water partition coefficient (Wildman–Crippen LogP) is 4.11. The number of nitrogens with zero attached hydrogens (tertiary/aromatic N) is 2. The van der Waals surface area contributed by atoms with E-state index in [4.69, 9.17) is 14.3 Å². The molecule has 3 aromatic rings. The van der Waals surface area contributed by atoms with E-state index < -0.39 is 17.8 Å². The minimum Gasteiger partial charge on any atom is -0.497 e. The third-order valence-corrected chi connectivity index (χ3v) is 4.30. The molecule has 1 aromatic heterocycles. The van der Waals surface area contributed by atoms with Crippen molar-refractivity contribution in [3.63, 3.8) is 0 Å². The summed E-state index contributed by atoms with van der Waals surface area (Å²) in [5, 5.41) is 0. The second-order valence-electron chi connectivity index (χ2n) is 6.33. The summed E-state index contributed by atoms with van der Waals surface area (Å²) in [6.45, 7) is 4.10. The molecule has 2 aromatic carbocycles. The maximum Gasteiger partial charge on any atom is 0.295 e. The summed E-state index contributed by atoms with van der Waals surface area (Å²) in [5.74, 6) is 0.178. The van der Waals surface area contributed by atoms with Crippen molar-refractivity contribution >= 4 is 5.91 Å². The van der Waals surface area contributed by atoms with Crippen molar-refractivity contribution in [1.29, 1.82) is 0 Å². The molecule has 0 aliphatic rings. The summed E-state index contributed by atoms with van der Waals surface area (Å²) in [4.78, 5) is 26.2. The highest BCUT2D eigenvalue weighted by molar-refractivity contribution is 5.91. The quantitative estimate of drug-likeness (QED) is 0.562. The van der Waals surface area contributed by atoms with Crippen LogP contribution in [0.4, 0.5) is 4.39 Å². The standard InChI is InChI=1S/C22H22FN3O4/c1-4-29-16-7-5-15(6-8-16)20-12-24-13-21(25-20)22(27)26-30-14(2)18-11-17(28-3)9-10-19(18)23/h5-14H,4H2,1-3H3,(H,26,27)/t14-/m1/s1. The number of aromatic nitrogens is 2. The van der Waals surface area contributed by atoms with E-state index in [-0.39, 0.29) is 11.3 Å². The first-order valence-corrected chi connectivity index (χ1v) is 9.36. The van der Waals surface area contributed by atoms with E-state index in [1.165, 1.54) is 31.5 Å². The van der Waals surface area contributed by atoms with Crippen molar-refractivity contribution in [2.75, 3.05) is 13.7 Å². The summed E-state index contributed by atoms with van der Waals surface area (Å²) < 4.78 is 24.6. The maximum atomic E-state index is 14.0. The monoisotopic (exact) mass is 411 g/mol. The van der Waals surface area contributed by atoms with Crippen LogP contribution < -0.4 is 15.0 Å². The normalized spacial score (nSPS) is 11.6. The molecule has 8 heteroatoms. The molecule has 30 heavy (non-hydrogen) atoms. The number of hydrogen-bond acceptors (Lipinski definition) is 6. The Morgan fingerprint density at radius 3 is 2.57 bits per heavy atom. The number of benzene rings is 2. The Labute approximate surface area is 173 Å². The van der Waals surface area contributed by atoms with Gasteiger partial charge in [0.25, 0.3) is 5.91 Å². The second-order valence-corrected chi connectivity index (χ2v) is 6.33. The van der Waals surface area contributed by atoms with Gasteiger partial charge < -0.3 is 9.47 Å². The maximum absolute atomic E-state index is 14.0. The van der Waals surface area contributed by atoms with Crippen LogP contribution in [-0.4, -0.2) is 29.6 Å². The molecule has 0 spiro atoms. The molecule has 0 aliphatic carbocycles. The van der Waals surface area contributed by atoms with Gasteiger partial charge in [0.15, 0.2) is 0 Å². The molecule has 1 heterocycles. The van der Waals surface area contributed by atoms with Crippen molar-refractivity contribution in [3.8, 4) is 22.8 Å². The lowest BCUT2D eigenvalue weighted by Gasteiger charge is -2.15. The summed E-state index contributed by atoms with van der Waals surface area (Å²) in [5.41, 5.74) is 3.93. The van der Waals surface area contributed by atoms with Crippen LogP contribution >= 0.6 is 0 Å². The molecule has 3 rings (SSSR count). The van der Waals surface area contributed by atoms with E-state index >= 15 is 0 Å². The third kappa shape index (κ3) is 5.09. The molecule has 1 atom stereocenters. The highest BCUT2D eigenvalue weighted by atomic mass is 19.1. The van der Waals surface area contributed by atoms with Crippen LogP contribution in [0.3, 0.4) is 0 Å². The molecule has 0 bridgehead atoms. The fraction of sp³-hybridized carbons (Fsp3) is 0.227. The van der Waals surface area contributed by atoms with Crippen LogP contribution in [0.1, 0.15) is 36.0 Å². The Kier molecular flexibility index (Phi) is 6.92. The molecule has 0 unspecified atom stereocenters. The van der Waals surface area contributed by atoms with E-state index in [2.05, 4.69) is 15.4 Å². The van der Waals surface area contributed by atoms with Crippen LogP contribution in [0.5, 0.6) is 11.5 Å². The lowest BCUT2D eigenvalue weighted by Crippen LogP contribution is -2.26. The Morgan fingerprint density at radius 2 is 1.87 bits per heavy atom. The first kappa shape index (κ1) is 21.2. The number of carbonyl (C=O) groups excluding carboxylic acids is 1. The Bertz CT molecular complexity index is 1010. The number of rotatable bonds is 8. The minimum absolute atomic E-state index is 0.0692. The van der Waals surface area contributed by atoms with Gasteiger partial charge in [-0.2, -0.15) is 0 Å². The van der Waals surface area contributed by atoms with E-state index in [1.54, 1.807) is 13.1 Å². The minimum atomic E-state index is -0.744. The Hall–Kier alpha value is -3.52. The molecule has 0 fully saturated rings. The van der Waals surface area contributed by atoms with E-state index in [9.17, 15) is 9.18 Å². The van der Waals surface area contributed by atoms with Crippen molar-refractivity contribution < 1.29 is 23.5 Å². The number of ether oxygens (including phenoxy) is 2. The van der Waals surface area contributed by atoms with Gasteiger partial charge in [0.1, 0.15) is 29.1 Å². The van der Waals surface area contributed by atoms with Crippen LogP contribution in [0.15, 0.2) is 54.9 Å². The summed E-state index contributed by atoms with van der Waals surface area (Å²) >= 11 is 0. The van der Waals surface area contributed by atoms with Crippen LogP contribution in [0.2, 0.25) is 0 Å². The molecule has 0 saturated carbocycles. The van der Waals surface area contributed by atoms with Crippen molar-refractivity contribution in [2.24, 2.45) is 0 Å². The first-order valence-electron chi connectivity index (χ1n) is 9.36. The predicted molar refractivity (Wildman–Crippen MR) is 109 cm³/mol. The summed E-state index contributed by atoms with van der Waals surface area (Å²) in [7, 11) is 1.49. The first-order chi connectivity index (χ1) is 14.5. The molecule has 0 saturated heterocycles. The van der Waals surface area contributed by atoms with Gasteiger partial charge in [0.05, 0.1) is 31.8 Å². The second kappa shape index (κ2) is 9.80. The molecule has 1 amide bonds. The summed E-state index contributed by atoms with van der Waals surface area (Å²) in [6, 6.07) is 11.6. The van der Waals surface area contributed by atoms with Gasteiger partial charge in [0.2, 0.25) is 0 Å². The van der Waals surface area contributed by atoms with Gasteiger partial charge in [-0.15, -0.1) is 0 Å². The zero-order chi connectivity index (χ0) is 21.5. The fourth-order valence-corrected chi connectivity index (χ4v) is 2.72. The van der Waals surface area contributed by atoms with Crippen LogP contribution in [0.25, 0.3) is 11.3 Å². The third-order valence-electron chi connectivity index (χ3n) is 4.30. The van der Waals surface area contributed by atoms with Crippen molar-refractivity contribution in [2.45, 2.75) is 20.0 Å². The summed E-state index contributed by atoms with van der Waals surface area (Å²) in [6.07, 6.45) is 2.14. The van der Waals surface area contributed by atoms with Gasteiger partial charge in [-0.1, -0.05) is 0 Å². The molecule has 0 radical (unpaired) electrons. The number of nitrogens with one attached hydrogen (secondary N) is 1. The van der Waals surface area contributed by atoms with Gasteiger partial charge in [-0.25, -0.2) is 14.9 Å². The van der Waals surface area contributed by atoms with Crippen molar-refractivity contribution in [1.82, 2.24) is 15.4 Å². The topological polar surface area (TPSA) is 82.6 Å². The SMILES string of the molecule is CCOc1ccc(-c2cncc(C(=O)NO[C@H](C)c3cc(OC)ccc3F)n2)cc1. The number of hydroxylamine groups is 1. The molecular weight excluding hydrogens is 389 g/mol. The lowest BCUT2D eigenvalue weighted by atomic mass is 10.1. The number of amides is 1.